The molecule has 0 radical (unpaired) electrons. The van der Waals surface area contributed by atoms with Gasteiger partial charge in [-0.15, -0.1) is 0 Å². The van der Waals surface area contributed by atoms with Crippen molar-refractivity contribution in [3.63, 3.8) is 0 Å². The van der Waals surface area contributed by atoms with Crippen LogP contribution < -0.4 is 5.32 Å². The zero-order valence-corrected chi connectivity index (χ0v) is 12.6. The fourth-order valence-electron chi connectivity index (χ4n) is 2.69. The van der Waals surface area contributed by atoms with E-state index < -0.39 is 6.09 Å². The summed E-state index contributed by atoms with van der Waals surface area (Å²) in [6.45, 7) is 5.35. The minimum atomic E-state index is -0.827. The number of piperazine rings is 1. The molecule has 4 nitrogen and oxygen atoms in total. The predicted molar refractivity (Wildman–Crippen MR) is 80.3 cm³/mol. The second kappa shape index (κ2) is 6.46. The number of nitrogens with one attached hydrogen (secondary N) is 1. The molecule has 0 saturated carbocycles. The number of halogens is 1. The Kier molecular flexibility index (Phi) is 4.89. The van der Waals surface area contributed by atoms with E-state index in [0.29, 0.717) is 19.0 Å². The minimum Gasteiger partial charge on any atom is -0.465 e. The highest BCUT2D eigenvalue weighted by Gasteiger charge is 2.32. The molecule has 1 aromatic carbocycles. The second-order valence-electron chi connectivity index (χ2n) is 5.68. The van der Waals surface area contributed by atoms with E-state index in [0.717, 1.165) is 11.4 Å². The van der Waals surface area contributed by atoms with Crippen molar-refractivity contribution in [2.24, 2.45) is 5.92 Å². The van der Waals surface area contributed by atoms with Gasteiger partial charge in [0.25, 0.3) is 0 Å². The number of amides is 1. The Bertz CT molecular complexity index is 461. The Morgan fingerprint density at radius 2 is 2.10 bits per heavy atom. The number of rotatable bonds is 3. The lowest BCUT2D eigenvalue weighted by molar-refractivity contribution is 0.0817. The molecule has 1 aromatic rings. The molecule has 2 N–H and O–H groups in total. The average molecular weight is 297 g/mol. The smallest absolute Gasteiger partial charge is 0.407 e. The minimum absolute atomic E-state index is 0.0500. The lowest BCUT2D eigenvalue weighted by Gasteiger charge is -2.40. The van der Waals surface area contributed by atoms with Gasteiger partial charge in [0, 0.05) is 30.2 Å². The van der Waals surface area contributed by atoms with E-state index in [1.54, 1.807) is 4.90 Å². The SMILES string of the molecule is CC(C)[C@H]1CN[C@@H](Cc2ccc(Cl)cc2)CN1C(=O)O. The monoisotopic (exact) mass is 296 g/mol. The number of carbonyl (C=O) groups is 1. The van der Waals surface area contributed by atoms with E-state index in [9.17, 15) is 9.90 Å². The van der Waals surface area contributed by atoms with Gasteiger partial charge in [0.05, 0.1) is 0 Å². The Morgan fingerprint density at radius 3 is 2.65 bits per heavy atom. The third kappa shape index (κ3) is 3.64. The quantitative estimate of drug-likeness (QED) is 0.902. The van der Waals surface area contributed by atoms with Gasteiger partial charge in [-0.1, -0.05) is 37.6 Å². The van der Waals surface area contributed by atoms with Gasteiger partial charge in [0.1, 0.15) is 0 Å². The lowest BCUT2D eigenvalue weighted by atomic mass is 9.96. The Hall–Kier alpha value is -1.26. The van der Waals surface area contributed by atoms with Crippen LogP contribution in [0.25, 0.3) is 0 Å². The van der Waals surface area contributed by atoms with Crippen molar-refractivity contribution < 1.29 is 9.90 Å². The molecule has 1 fully saturated rings. The lowest BCUT2D eigenvalue weighted by Crippen LogP contribution is -2.60. The molecule has 0 aromatic heterocycles. The van der Waals surface area contributed by atoms with E-state index in [2.05, 4.69) is 19.2 Å². The van der Waals surface area contributed by atoms with E-state index in [-0.39, 0.29) is 12.1 Å². The van der Waals surface area contributed by atoms with Gasteiger partial charge in [-0.05, 0) is 30.0 Å². The van der Waals surface area contributed by atoms with Gasteiger partial charge >= 0.3 is 6.09 Å². The number of carboxylic acid groups (broad SMARTS) is 1. The van der Waals surface area contributed by atoms with Crippen LogP contribution in [0.3, 0.4) is 0 Å². The van der Waals surface area contributed by atoms with Crippen molar-refractivity contribution in [1.82, 2.24) is 10.2 Å². The normalized spacial score (nSPS) is 23.1. The number of benzene rings is 1. The van der Waals surface area contributed by atoms with Gasteiger partial charge in [0.2, 0.25) is 0 Å². The molecular weight excluding hydrogens is 276 g/mol. The molecule has 1 amide bonds. The molecule has 0 spiro atoms. The fourth-order valence-corrected chi connectivity index (χ4v) is 2.82. The van der Waals surface area contributed by atoms with Gasteiger partial charge < -0.3 is 15.3 Å². The van der Waals surface area contributed by atoms with Crippen LogP contribution in [-0.2, 0) is 6.42 Å². The van der Waals surface area contributed by atoms with E-state index >= 15 is 0 Å². The van der Waals surface area contributed by atoms with E-state index in [1.807, 2.05) is 24.3 Å². The maximum Gasteiger partial charge on any atom is 0.407 e. The van der Waals surface area contributed by atoms with E-state index in [4.69, 9.17) is 11.6 Å². The highest BCUT2D eigenvalue weighted by Crippen LogP contribution is 2.18. The van der Waals surface area contributed by atoms with Gasteiger partial charge in [-0.3, -0.25) is 0 Å². The van der Waals surface area contributed by atoms with Crippen molar-refractivity contribution in [1.29, 1.82) is 0 Å². The first kappa shape index (κ1) is 15.1. The van der Waals surface area contributed by atoms with Crippen molar-refractivity contribution in [3.05, 3.63) is 34.9 Å². The van der Waals surface area contributed by atoms with Crippen LogP contribution in [0.15, 0.2) is 24.3 Å². The number of hydrogen-bond acceptors (Lipinski definition) is 2. The summed E-state index contributed by atoms with van der Waals surface area (Å²) in [5.74, 6) is 0.315. The first-order valence-corrected chi connectivity index (χ1v) is 7.32. The number of hydrogen-bond donors (Lipinski definition) is 2. The summed E-state index contributed by atoms with van der Waals surface area (Å²) >= 11 is 5.87. The van der Waals surface area contributed by atoms with Gasteiger partial charge in [-0.2, -0.15) is 0 Å². The molecule has 110 valence electrons. The summed E-state index contributed by atoms with van der Waals surface area (Å²) in [5.41, 5.74) is 1.17. The first-order valence-electron chi connectivity index (χ1n) is 6.94. The predicted octanol–water partition coefficient (Wildman–Crippen LogP) is 2.86. The molecule has 2 atom stereocenters. The van der Waals surface area contributed by atoms with Crippen LogP contribution in [0, 0.1) is 5.92 Å². The van der Waals surface area contributed by atoms with Crippen molar-refractivity contribution in [2.45, 2.75) is 32.4 Å². The molecule has 1 saturated heterocycles. The zero-order chi connectivity index (χ0) is 14.7. The maximum atomic E-state index is 11.4. The third-order valence-electron chi connectivity index (χ3n) is 3.84. The standard InChI is InChI=1S/C15H21ClN2O2/c1-10(2)14-8-17-13(9-18(14)15(19)20)7-11-3-5-12(16)6-4-11/h3-6,10,13-14,17H,7-9H2,1-2H3,(H,19,20)/t13-,14+/m0/s1. The first-order chi connectivity index (χ1) is 9.47. The highest BCUT2D eigenvalue weighted by molar-refractivity contribution is 6.30. The summed E-state index contributed by atoms with van der Waals surface area (Å²) in [7, 11) is 0. The van der Waals surface area contributed by atoms with Crippen molar-refractivity contribution in [2.75, 3.05) is 13.1 Å². The molecular formula is C15H21ClN2O2. The van der Waals surface area contributed by atoms with Crippen molar-refractivity contribution in [3.8, 4) is 0 Å². The third-order valence-corrected chi connectivity index (χ3v) is 4.10. The zero-order valence-electron chi connectivity index (χ0n) is 11.8. The Labute approximate surface area is 124 Å². The summed E-state index contributed by atoms with van der Waals surface area (Å²) in [6, 6.07) is 7.92. The molecule has 0 bridgehead atoms. The van der Waals surface area contributed by atoms with E-state index in [1.165, 1.54) is 5.56 Å². The number of nitrogens with zero attached hydrogens (tertiary/aromatic N) is 1. The molecule has 20 heavy (non-hydrogen) atoms. The summed E-state index contributed by atoms with van der Waals surface area (Å²) in [6.07, 6.45) is -0.0162. The van der Waals surface area contributed by atoms with Gasteiger partial charge in [0.15, 0.2) is 0 Å². The van der Waals surface area contributed by atoms with Crippen molar-refractivity contribution >= 4 is 17.7 Å². The largest absolute Gasteiger partial charge is 0.465 e. The van der Waals surface area contributed by atoms with Crippen LogP contribution in [-0.4, -0.2) is 41.3 Å². The summed E-state index contributed by atoms with van der Waals surface area (Å²) < 4.78 is 0. The second-order valence-corrected chi connectivity index (χ2v) is 6.12. The molecule has 0 unspecified atom stereocenters. The topological polar surface area (TPSA) is 52.6 Å². The van der Waals surface area contributed by atoms with Crippen LogP contribution in [0.2, 0.25) is 5.02 Å². The average Bonchev–Trinajstić information content (AvgIpc) is 2.41. The van der Waals surface area contributed by atoms with Crippen LogP contribution in [0.5, 0.6) is 0 Å². The highest BCUT2D eigenvalue weighted by atomic mass is 35.5. The molecule has 0 aliphatic carbocycles. The van der Waals surface area contributed by atoms with Gasteiger partial charge in [-0.25, -0.2) is 4.79 Å². The summed E-state index contributed by atoms with van der Waals surface area (Å²) in [5, 5.41) is 13.5. The molecule has 1 aliphatic rings. The molecule has 1 aliphatic heterocycles. The van der Waals surface area contributed by atoms with Crippen LogP contribution in [0.1, 0.15) is 19.4 Å². The molecule has 1 heterocycles. The van der Waals surface area contributed by atoms with Crippen LogP contribution in [0.4, 0.5) is 4.79 Å². The molecule has 2 rings (SSSR count). The molecule has 5 heteroatoms. The fraction of sp³-hybridized carbons (Fsp3) is 0.533. The maximum absolute atomic E-state index is 11.4. The van der Waals surface area contributed by atoms with Crippen LogP contribution >= 0.6 is 11.6 Å². The Balaban J connectivity index is 2.01. The summed E-state index contributed by atoms with van der Waals surface area (Å²) in [4.78, 5) is 13.0. The Morgan fingerprint density at radius 1 is 1.45 bits per heavy atom.